The summed E-state index contributed by atoms with van der Waals surface area (Å²) >= 11 is 1.47. The van der Waals surface area contributed by atoms with Crippen molar-refractivity contribution in [3.63, 3.8) is 0 Å². The monoisotopic (exact) mass is 241 g/mol. The van der Waals surface area contributed by atoms with Gasteiger partial charge in [0, 0.05) is 12.0 Å². The largest absolute Gasteiger partial charge is 0.464 e. The van der Waals surface area contributed by atoms with Crippen LogP contribution in [0.2, 0.25) is 0 Å². The molecule has 16 heavy (non-hydrogen) atoms. The van der Waals surface area contributed by atoms with Gasteiger partial charge in [-0.2, -0.15) is 0 Å². The molecular formula is C11H15NO3S. The predicted molar refractivity (Wildman–Crippen MR) is 60.5 cm³/mol. The lowest BCUT2D eigenvalue weighted by Gasteiger charge is -2.12. The van der Waals surface area contributed by atoms with E-state index in [1.54, 1.807) is 5.38 Å². The smallest absolute Gasteiger partial charge is 0.357 e. The van der Waals surface area contributed by atoms with Gasteiger partial charge in [0.2, 0.25) is 0 Å². The number of carbonyl (C=O) groups excluding carboxylic acids is 1. The van der Waals surface area contributed by atoms with Crippen LogP contribution < -0.4 is 0 Å². The summed E-state index contributed by atoms with van der Waals surface area (Å²) in [7, 11) is 1.36. The Kier molecular flexibility index (Phi) is 3.56. The van der Waals surface area contributed by atoms with Gasteiger partial charge in [0.25, 0.3) is 0 Å². The van der Waals surface area contributed by atoms with Gasteiger partial charge in [0.1, 0.15) is 11.1 Å². The molecule has 4 nitrogen and oxygen atoms in total. The predicted octanol–water partition coefficient (Wildman–Crippen LogP) is 2.42. The van der Waals surface area contributed by atoms with Crippen molar-refractivity contribution in [1.82, 2.24) is 4.98 Å². The summed E-state index contributed by atoms with van der Waals surface area (Å²) in [6.45, 7) is 2.65. The van der Waals surface area contributed by atoms with Crippen LogP contribution in [0.25, 0.3) is 0 Å². The first kappa shape index (κ1) is 11.5. The van der Waals surface area contributed by atoms with E-state index in [0.29, 0.717) is 18.2 Å². The number of thiazole rings is 1. The summed E-state index contributed by atoms with van der Waals surface area (Å²) in [6, 6.07) is 0. The first-order chi connectivity index (χ1) is 7.76. The van der Waals surface area contributed by atoms with Gasteiger partial charge in [-0.1, -0.05) is 0 Å². The maximum Gasteiger partial charge on any atom is 0.357 e. The van der Waals surface area contributed by atoms with Crippen LogP contribution in [0.15, 0.2) is 5.38 Å². The number of hydrogen-bond acceptors (Lipinski definition) is 5. The number of methoxy groups -OCH3 is 1. The molecule has 0 amide bonds. The Labute approximate surface area is 98.6 Å². The molecule has 1 fully saturated rings. The number of aromatic nitrogens is 1. The van der Waals surface area contributed by atoms with Crippen molar-refractivity contribution in [1.29, 1.82) is 0 Å². The van der Waals surface area contributed by atoms with E-state index >= 15 is 0 Å². The molecule has 1 saturated carbocycles. The first-order valence-corrected chi connectivity index (χ1v) is 6.29. The third-order valence-corrected chi connectivity index (χ3v) is 3.46. The second kappa shape index (κ2) is 4.93. The third-order valence-electron chi connectivity index (χ3n) is 2.56. The molecule has 0 bridgehead atoms. The molecule has 1 atom stereocenters. The van der Waals surface area contributed by atoms with Crippen LogP contribution in [0.4, 0.5) is 0 Å². The van der Waals surface area contributed by atoms with Crippen molar-refractivity contribution in [2.45, 2.75) is 25.9 Å². The van der Waals surface area contributed by atoms with E-state index in [9.17, 15) is 4.79 Å². The lowest BCUT2D eigenvalue weighted by molar-refractivity contribution is 0.0456. The molecule has 5 heteroatoms. The minimum absolute atomic E-state index is 0.0633. The highest BCUT2D eigenvalue weighted by molar-refractivity contribution is 7.09. The van der Waals surface area contributed by atoms with Gasteiger partial charge < -0.3 is 9.47 Å². The molecule has 0 N–H and O–H groups in total. The average molecular weight is 241 g/mol. The van der Waals surface area contributed by atoms with Crippen molar-refractivity contribution in [2.24, 2.45) is 5.92 Å². The Bertz CT molecular complexity index is 373. The highest BCUT2D eigenvalue weighted by atomic mass is 32.1. The highest BCUT2D eigenvalue weighted by Crippen LogP contribution is 2.44. The zero-order valence-corrected chi connectivity index (χ0v) is 10.3. The van der Waals surface area contributed by atoms with Crippen molar-refractivity contribution >= 4 is 17.3 Å². The summed E-state index contributed by atoms with van der Waals surface area (Å²) in [5.41, 5.74) is 0.382. The molecule has 1 unspecified atom stereocenters. The molecule has 0 radical (unpaired) electrons. The maximum atomic E-state index is 11.3. The van der Waals surface area contributed by atoms with Crippen LogP contribution in [0.5, 0.6) is 0 Å². The molecule has 88 valence electrons. The van der Waals surface area contributed by atoms with E-state index in [-0.39, 0.29) is 12.1 Å². The minimum atomic E-state index is -0.381. The number of rotatable bonds is 5. The fraction of sp³-hybridized carbons (Fsp3) is 0.636. The zero-order valence-electron chi connectivity index (χ0n) is 9.43. The van der Waals surface area contributed by atoms with Crippen LogP contribution in [-0.4, -0.2) is 24.7 Å². The normalized spacial score (nSPS) is 17.1. The fourth-order valence-corrected chi connectivity index (χ4v) is 2.53. The Morgan fingerprint density at radius 2 is 2.44 bits per heavy atom. The van der Waals surface area contributed by atoms with Crippen molar-refractivity contribution < 1.29 is 14.3 Å². The molecule has 1 aromatic rings. The summed E-state index contributed by atoms with van der Waals surface area (Å²) in [5.74, 6) is 0.199. The maximum absolute atomic E-state index is 11.3. The number of hydrogen-bond donors (Lipinski definition) is 0. The minimum Gasteiger partial charge on any atom is -0.464 e. The first-order valence-electron chi connectivity index (χ1n) is 5.41. The fourth-order valence-electron chi connectivity index (χ4n) is 1.60. The Morgan fingerprint density at radius 1 is 1.69 bits per heavy atom. The molecule has 1 heterocycles. The van der Waals surface area contributed by atoms with Crippen molar-refractivity contribution in [3.05, 3.63) is 16.1 Å². The lowest BCUT2D eigenvalue weighted by Crippen LogP contribution is -2.08. The molecule has 0 aromatic carbocycles. The Morgan fingerprint density at radius 3 is 3.00 bits per heavy atom. The molecule has 0 saturated heterocycles. The van der Waals surface area contributed by atoms with Crippen LogP contribution >= 0.6 is 11.3 Å². The van der Waals surface area contributed by atoms with E-state index in [1.807, 2.05) is 6.92 Å². The van der Waals surface area contributed by atoms with E-state index in [0.717, 1.165) is 5.01 Å². The van der Waals surface area contributed by atoms with Gasteiger partial charge in [-0.3, -0.25) is 0 Å². The van der Waals surface area contributed by atoms with Gasteiger partial charge in [-0.25, -0.2) is 9.78 Å². The third kappa shape index (κ3) is 2.41. The van der Waals surface area contributed by atoms with Crippen LogP contribution in [0.3, 0.4) is 0 Å². The Hall–Kier alpha value is -0.940. The summed E-state index contributed by atoms with van der Waals surface area (Å²) < 4.78 is 10.3. The molecule has 0 spiro atoms. The lowest BCUT2D eigenvalue weighted by atomic mass is 10.2. The van der Waals surface area contributed by atoms with E-state index < -0.39 is 0 Å². The van der Waals surface area contributed by atoms with E-state index in [1.165, 1.54) is 31.3 Å². The molecule has 2 rings (SSSR count). The van der Waals surface area contributed by atoms with Gasteiger partial charge in [-0.05, 0) is 25.7 Å². The van der Waals surface area contributed by atoms with E-state index in [4.69, 9.17) is 4.74 Å². The van der Waals surface area contributed by atoms with Crippen LogP contribution in [0, 0.1) is 5.92 Å². The second-order valence-electron chi connectivity index (χ2n) is 3.78. The Balaban J connectivity index is 2.12. The van der Waals surface area contributed by atoms with Crippen LogP contribution in [0.1, 0.15) is 41.4 Å². The molecule has 0 aliphatic heterocycles. The number of ether oxygens (including phenoxy) is 2. The van der Waals surface area contributed by atoms with Crippen molar-refractivity contribution in [3.8, 4) is 0 Å². The summed E-state index contributed by atoms with van der Waals surface area (Å²) in [6.07, 6.45) is 2.45. The van der Waals surface area contributed by atoms with Gasteiger partial charge in [0.15, 0.2) is 5.69 Å². The van der Waals surface area contributed by atoms with Gasteiger partial charge in [-0.15, -0.1) is 11.3 Å². The molecule has 1 aromatic heterocycles. The second-order valence-corrected chi connectivity index (χ2v) is 4.67. The topological polar surface area (TPSA) is 48.4 Å². The van der Waals surface area contributed by atoms with Crippen LogP contribution in [-0.2, 0) is 9.47 Å². The highest BCUT2D eigenvalue weighted by Gasteiger charge is 2.35. The number of carbonyl (C=O) groups is 1. The zero-order chi connectivity index (χ0) is 11.5. The average Bonchev–Trinajstić information content (AvgIpc) is 3.02. The van der Waals surface area contributed by atoms with Gasteiger partial charge >= 0.3 is 5.97 Å². The van der Waals surface area contributed by atoms with E-state index in [2.05, 4.69) is 9.72 Å². The summed E-state index contributed by atoms with van der Waals surface area (Å²) in [5, 5.41) is 2.63. The summed E-state index contributed by atoms with van der Waals surface area (Å²) in [4.78, 5) is 15.6. The molecule has 1 aliphatic carbocycles. The number of nitrogens with zero attached hydrogens (tertiary/aromatic N) is 1. The quantitative estimate of drug-likeness (QED) is 0.743. The molecule has 1 aliphatic rings. The SMILES string of the molecule is CCOC(c1nc(C(=O)OC)cs1)C1CC1. The number of esters is 1. The van der Waals surface area contributed by atoms with Crippen molar-refractivity contribution in [2.75, 3.05) is 13.7 Å². The standard InChI is InChI=1S/C11H15NO3S/c1-3-15-9(7-4-5-7)10-12-8(6-16-10)11(13)14-2/h6-7,9H,3-5H2,1-2H3. The van der Waals surface area contributed by atoms with Gasteiger partial charge in [0.05, 0.1) is 7.11 Å². The molecular weight excluding hydrogens is 226 g/mol.